The molecule has 0 amide bonds. The number of sulfonamides is 1. The van der Waals surface area contributed by atoms with Crippen LogP contribution in [0, 0.1) is 11.6 Å². The Morgan fingerprint density at radius 3 is 2.23 bits per heavy atom. The van der Waals surface area contributed by atoms with Gasteiger partial charge in [-0.3, -0.25) is 4.72 Å². The van der Waals surface area contributed by atoms with Gasteiger partial charge in [0.05, 0.1) is 0 Å². The first-order chi connectivity index (χ1) is 12.4. The molecule has 0 saturated heterocycles. The van der Waals surface area contributed by atoms with Crippen molar-refractivity contribution in [2.45, 2.75) is 15.5 Å². The van der Waals surface area contributed by atoms with Crippen LogP contribution in [0.5, 0.6) is 0 Å². The standard InChI is InChI=1S/C19H15F2NO2S2/c20-15-8-11-19(18(21)12-15)26(23,24)22-16-9-6-14(7-10-16)13-25-17-4-2-1-3-5-17/h1-12,22H,13H2. The quantitative estimate of drug-likeness (QED) is 0.598. The third-order valence-electron chi connectivity index (χ3n) is 3.54. The molecule has 0 atom stereocenters. The van der Waals surface area contributed by atoms with E-state index in [4.69, 9.17) is 0 Å². The lowest BCUT2D eigenvalue weighted by Crippen LogP contribution is -2.14. The summed E-state index contributed by atoms with van der Waals surface area (Å²) in [5.41, 5.74) is 1.33. The first kappa shape index (κ1) is 18.4. The minimum Gasteiger partial charge on any atom is -0.280 e. The van der Waals surface area contributed by atoms with E-state index in [9.17, 15) is 17.2 Å². The van der Waals surface area contributed by atoms with Crippen LogP contribution in [-0.4, -0.2) is 8.42 Å². The Bertz CT molecular complexity index is 992. The van der Waals surface area contributed by atoms with Gasteiger partial charge < -0.3 is 0 Å². The Morgan fingerprint density at radius 1 is 0.885 bits per heavy atom. The molecule has 0 aromatic heterocycles. The van der Waals surface area contributed by atoms with Gasteiger partial charge in [0, 0.05) is 22.4 Å². The number of hydrogen-bond donors (Lipinski definition) is 1. The van der Waals surface area contributed by atoms with Crippen LogP contribution in [0.4, 0.5) is 14.5 Å². The fourth-order valence-corrected chi connectivity index (χ4v) is 4.25. The SMILES string of the molecule is O=S(=O)(Nc1ccc(CSc2ccccc2)cc1)c1ccc(F)cc1F. The minimum absolute atomic E-state index is 0.308. The highest BCUT2D eigenvalue weighted by molar-refractivity contribution is 7.98. The number of halogens is 2. The molecule has 0 aliphatic rings. The van der Waals surface area contributed by atoms with Crippen LogP contribution in [0.3, 0.4) is 0 Å². The van der Waals surface area contributed by atoms with Crippen molar-refractivity contribution in [3.63, 3.8) is 0 Å². The zero-order valence-corrected chi connectivity index (χ0v) is 15.2. The second-order valence-corrected chi connectivity index (χ2v) is 8.18. The van der Waals surface area contributed by atoms with Crippen molar-refractivity contribution in [3.8, 4) is 0 Å². The average molecular weight is 391 g/mol. The minimum atomic E-state index is -4.13. The van der Waals surface area contributed by atoms with E-state index in [1.807, 2.05) is 30.3 Å². The highest BCUT2D eigenvalue weighted by Gasteiger charge is 2.19. The molecule has 3 aromatic carbocycles. The highest BCUT2D eigenvalue weighted by atomic mass is 32.2. The van der Waals surface area contributed by atoms with Gasteiger partial charge in [-0.15, -0.1) is 11.8 Å². The maximum absolute atomic E-state index is 13.7. The van der Waals surface area contributed by atoms with E-state index >= 15 is 0 Å². The van der Waals surface area contributed by atoms with Gasteiger partial charge in [-0.2, -0.15) is 0 Å². The monoisotopic (exact) mass is 391 g/mol. The first-order valence-corrected chi connectivity index (χ1v) is 10.2. The lowest BCUT2D eigenvalue weighted by atomic mass is 10.2. The number of rotatable bonds is 6. The van der Waals surface area contributed by atoms with Gasteiger partial charge in [-0.25, -0.2) is 17.2 Å². The summed E-state index contributed by atoms with van der Waals surface area (Å²) < 4.78 is 53.5. The van der Waals surface area contributed by atoms with Crippen LogP contribution in [-0.2, 0) is 15.8 Å². The summed E-state index contributed by atoms with van der Waals surface area (Å²) in [5, 5.41) is 0. The second kappa shape index (κ2) is 7.88. The van der Waals surface area contributed by atoms with Crippen molar-refractivity contribution in [1.29, 1.82) is 0 Å². The Kier molecular flexibility index (Phi) is 5.58. The molecule has 3 rings (SSSR count). The molecular weight excluding hydrogens is 376 g/mol. The number of hydrogen-bond acceptors (Lipinski definition) is 3. The van der Waals surface area contributed by atoms with Gasteiger partial charge in [-0.1, -0.05) is 30.3 Å². The topological polar surface area (TPSA) is 46.2 Å². The molecule has 0 bridgehead atoms. The van der Waals surface area contributed by atoms with Crippen molar-refractivity contribution in [3.05, 3.63) is 90.0 Å². The van der Waals surface area contributed by atoms with Crippen molar-refractivity contribution in [1.82, 2.24) is 0 Å². The van der Waals surface area contributed by atoms with Crippen LogP contribution in [0.25, 0.3) is 0 Å². The van der Waals surface area contributed by atoms with Crippen LogP contribution in [0.15, 0.2) is 82.6 Å². The average Bonchev–Trinajstić information content (AvgIpc) is 2.61. The molecule has 7 heteroatoms. The summed E-state index contributed by atoms with van der Waals surface area (Å²) in [4.78, 5) is 0.548. The Balaban J connectivity index is 1.68. The summed E-state index contributed by atoms with van der Waals surface area (Å²) >= 11 is 1.67. The Hall–Kier alpha value is -2.38. The highest BCUT2D eigenvalue weighted by Crippen LogP contribution is 2.24. The second-order valence-electron chi connectivity index (χ2n) is 5.48. The molecule has 3 aromatic rings. The number of benzene rings is 3. The number of anilines is 1. The maximum Gasteiger partial charge on any atom is 0.264 e. The van der Waals surface area contributed by atoms with Crippen LogP contribution in [0.1, 0.15) is 5.56 Å². The van der Waals surface area contributed by atoms with Crippen molar-refractivity contribution < 1.29 is 17.2 Å². The molecule has 0 radical (unpaired) electrons. The Morgan fingerprint density at radius 2 is 1.58 bits per heavy atom. The van der Waals surface area contributed by atoms with Gasteiger partial charge in [0.25, 0.3) is 10.0 Å². The Labute approximate surface area is 155 Å². The van der Waals surface area contributed by atoms with Crippen molar-refractivity contribution in [2.24, 2.45) is 0 Å². The predicted octanol–water partition coefficient (Wildman–Crippen LogP) is 5.06. The first-order valence-electron chi connectivity index (χ1n) is 7.69. The van der Waals surface area contributed by atoms with Crippen LogP contribution < -0.4 is 4.72 Å². The zero-order valence-electron chi connectivity index (χ0n) is 13.5. The molecule has 26 heavy (non-hydrogen) atoms. The van der Waals surface area contributed by atoms with Gasteiger partial charge in [0.1, 0.15) is 16.5 Å². The molecular formula is C19H15F2NO2S2. The lowest BCUT2D eigenvalue weighted by Gasteiger charge is -2.10. The third kappa shape index (κ3) is 4.62. The molecule has 134 valence electrons. The molecule has 3 nitrogen and oxygen atoms in total. The number of thioether (sulfide) groups is 1. The van der Waals surface area contributed by atoms with Crippen LogP contribution in [0.2, 0.25) is 0 Å². The number of nitrogens with one attached hydrogen (secondary N) is 1. The maximum atomic E-state index is 13.7. The smallest absolute Gasteiger partial charge is 0.264 e. The van der Waals surface area contributed by atoms with Gasteiger partial charge in [0.15, 0.2) is 0 Å². The summed E-state index contributed by atoms with van der Waals surface area (Å²) in [7, 11) is -4.13. The molecule has 0 fully saturated rings. The van der Waals surface area contributed by atoms with E-state index in [0.717, 1.165) is 28.3 Å². The molecule has 0 aliphatic heterocycles. The molecule has 0 unspecified atom stereocenters. The van der Waals surface area contributed by atoms with E-state index < -0.39 is 26.6 Å². The fraction of sp³-hybridized carbons (Fsp3) is 0.0526. The molecule has 0 aliphatic carbocycles. The predicted molar refractivity (Wildman–Crippen MR) is 99.6 cm³/mol. The molecule has 0 saturated carbocycles. The van der Waals surface area contributed by atoms with Crippen LogP contribution >= 0.6 is 11.8 Å². The summed E-state index contributed by atoms with van der Waals surface area (Å²) in [6, 6.07) is 19.1. The van der Waals surface area contributed by atoms with Gasteiger partial charge in [-0.05, 0) is 42.0 Å². The zero-order chi connectivity index (χ0) is 18.6. The van der Waals surface area contributed by atoms with Crippen molar-refractivity contribution in [2.75, 3.05) is 4.72 Å². The third-order valence-corrected chi connectivity index (χ3v) is 6.04. The largest absolute Gasteiger partial charge is 0.280 e. The van der Waals surface area contributed by atoms with Crippen molar-refractivity contribution >= 4 is 27.5 Å². The van der Waals surface area contributed by atoms with E-state index in [-0.39, 0.29) is 0 Å². The van der Waals surface area contributed by atoms with Gasteiger partial charge in [0.2, 0.25) is 0 Å². The fourth-order valence-electron chi connectivity index (χ4n) is 2.26. The summed E-state index contributed by atoms with van der Waals surface area (Å²) in [6.07, 6.45) is 0. The summed E-state index contributed by atoms with van der Waals surface area (Å²) in [5.74, 6) is -1.22. The molecule has 0 spiro atoms. The molecule has 0 heterocycles. The lowest BCUT2D eigenvalue weighted by molar-refractivity contribution is 0.551. The van der Waals surface area contributed by atoms with E-state index in [1.165, 1.54) is 0 Å². The van der Waals surface area contributed by atoms with Gasteiger partial charge >= 0.3 is 0 Å². The normalized spacial score (nSPS) is 11.3. The molecule has 1 N–H and O–H groups in total. The van der Waals surface area contributed by atoms with E-state index in [1.54, 1.807) is 36.0 Å². The van der Waals surface area contributed by atoms with E-state index in [0.29, 0.717) is 11.8 Å². The van der Waals surface area contributed by atoms with E-state index in [2.05, 4.69) is 4.72 Å². The summed E-state index contributed by atoms with van der Waals surface area (Å²) in [6.45, 7) is 0.